The molecule has 200 valence electrons. The number of carbonyl (C=O) groups excluding carboxylic acids is 2. The van der Waals surface area contributed by atoms with E-state index >= 15 is 0 Å². The largest absolute Gasteiger partial charge is 0.466 e. The zero-order valence-electron chi connectivity index (χ0n) is 22.4. The monoisotopic (exact) mass is 508 g/mol. The fourth-order valence-electron chi connectivity index (χ4n) is 4.13. The van der Waals surface area contributed by atoms with Gasteiger partial charge in [-0.2, -0.15) is 0 Å². The standard InChI is InChI=1S/C30H49ClO4/c1-3-4-5-6-7-8-9-10-13-16-19-24-34-29(32)20-17-14-11-12-15-18-21-30(33)35-27-22-23-28(31)26(2)25-27/h22-23,25H,3-21,24H2,1-2H3. The van der Waals surface area contributed by atoms with Gasteiger partial charge in [-0.15, -0.1) is 0 Å². The Bertz CT molecular complexity index is 689. The number of hydrogen-bond donors (Lipinski definition) is 0. The number of aryl methyl sites for hydroxylation is 1. The van der Waals surface area contributed by atoms with Crippen molar-refractivity contribution in [2.24, 2.45) is 0 Å². The first-order chi connectivity index (χ1) is 17.0. The lowest BCUT2D eigenvalue weighted by molar-refractivity contribution is -0.144. The van der Waals surface area contributed by atoms with Gasteiger partial charge >= 0.3 is 11.9 Å². The molecule has 0 atom stereocenters. The number of ether oxygens (including phenoxy) is 2. The van der Waals surface area contributed by atoms with Crippen LogP contribution in [-0.4, -0.2) is 18.5 Å². The second kappa shape index (κ2) is 21.7. The lowest BCUT2D eigenvalue weighted by Crippen LogP contribution is -2.07. The minimum Gasteiger partial charge on any atom is -0.466 e. The molecule has 1 aromatic carbocycles. The van der Waals surface area contributed by atoms with Crippen molar-refractivity contribution in [3.05, 3.63) is 28.8 Å². The molecule has 0 heterocycles. The third kappa shape index (κ3) is 18.4. The molecular weight excluding hydrogens is 460 g/mol. The van der Waals surface area contributed by atoms with E-state index in [2.05, 4.69) is 6.92 Å². The highest BCUT2D eigenvalue weighted by Gasteiger charge is 2.07. The molecular formula is C30H49ClO4. The van der Waals surface area contributed by atoms with Gasteiger partial charge in [0.25, 0.3) is 0 Å². The van der Waals surface area contributed by atoms with Crippen LogP contribution in [0.15, 0.2) is 18.2 Å². The fraction of sp³-hybridized carbons (Fsp3) is 0.733. The van der Waals surface area contributed by atoms with E-state index in [9.17, 15) is 9.59 Å². The second-order valence-corrected chi connectivity index (χ2v) is 10.2. The van der Waals surface area contributed by atoms with Crippen molar-refractivity contribution >= 4 is 23.5 Å². The molecule has 0 spiro atoms. The van der Waals surface area contributed by atoms with Crippen molar-refractivity contribution in [2.75, 3.05) is 6.61 Å². The van der Waals surface area contributed by atoms with Gasteiger partial charge < -0.3 is 9.47 Å². The predicted molar refractivity (Wildman–Crippen MR) is 146 cm³/mol. The summed E-state index contributed by atoms with van der Waals surface area (Å²) >= 11 is 5.99. The van der Waals surface area contributed by atoms with E-state index in [-0.39, 0.29) is 11.9 Å². The summed E-state index contributed by atoms with van der Waals surface area (Å²) in [5, 5.41) is 0.669. The van der Waals surface area contributed by atoms with Crippen LogP contribution >= 0.6 is 11.6 Å². The molecule has 4 nitrogen and oxygen atoms in total. The van der Waals surface area contributed by atoms with E-state index < -0.39 is 0 Å². The van der Waals surface area contributed by atoms with Crippen molar-refractivity contribution in [1.29, 1.82) is 0 Å². The molecule has 0 N–H and O–H groups in total. The Morgan fingerprint density at radius 2 is 1.17 bits per heavy atom. The summed E-state index contributed by atoms with van der Waals surface area (Å²) < 4.78 is 10.7. The highest BCUT2D eigenvalue weighted by molar-refractivity contribution is 6.31. The number of rotatable bonds is 22. The lowest BCUT2D eigenvalue weighted by Gasteiger charge is -2.06. The minimum atomic E-state index is -0.202. The zero-order chi connectivity index (χ0) is 25.6. The van der Waals surface area contributed by atoms with Crippen LogP contribution in [0.2, 0.25) is 5.02 Å². The molecule has 0 aliphatic heterocycles. The molecule has 1 aromatic rings. The van der Waals surface area contributed by atoms with Crippen LogP contribution in [0.25, 0.3) is 0 Å². The van der Waals surface area contributed by atoms with E-state index in [1.165, 1.54) is 57.8 Å². The topological polar surface area (TPSA) is 52.6 Å². The molecule has 5 heteroatoms. The maximum atomic E-state index is 11.9. The summed E-state index contributed by atoms with van der Waals surface area (Å²) in [6, 6.07) is 5.24. The number of hydrogen-bond acceptors (Lipinski definition) is 4. The lowest BCUT2D eigenvalue weighted by atomic mass is 10.1. The second-order valence-electron chi connectivity index (χ2n) is 9.76. The molecule has 0 saturated carbocycles. The van der Waals surface area contributed by atoms with E-state index in [4.69, 9.17) is 21.1 Å². The Kier molecular flexibility index (Phi) is 19.5. The van der Waals surface area contributed by atoms with Crippen LogP contribution in [0.5, 0.6) is 5.75 Å². The Hall–Kier alpha value is -1.55. The number of carbonyl (C=O) groups is 2. The maximum Gasteiger partial charge on any atom is 0.311 e. The summed E-state index contributed by atoms with van der Waals surface area (Å²) in [5.74, 6) is 0.289. The molecule has 1 rings (SSSR count). The number of benzene rings is 1. The van der Waals surface area contributed by atoms with Gasteiger partial charge in [0, 0.05) is 17.9 Å². The van der Waals surface area contributed by atoms with Crippen LogP contribution in [0.4, 0.5) is 0 Å². The minimum absolute atomic E-state index is 0.0581. The summed E-state index contributed by atoms with van der Waals surface area (Å²) in [6.07, 6.45) is 21.1. The van der Waals surface area contributed by atoms with Gasteiger partial charge in [-0.3, -0.25) is 9.59 Å². The smallest absolute Gasteiger partial charge is 0.311 e. The van der Waals surface area contributed by atoms with E-state index in [0.717, 1.165) is 56.9 Å². The van der Waals surface area contributed by atoms with E-state index in [0.29, 0.717) is 30.2 Å². The highest BCUT2D eigenvalue weighted by Crippen LogP contribution is 2.21. The first kappa shape index (κ1) is 31.5. The van der Waals surface area contributed by atoms with Crippen molar-refractivity contribution < 1.29 is 19.1 Å². The van der Waals surface area contributed by atoms with Gasteiger partial charge in [0.05, 0.1) is 6.61 Å². The average molecular weight is 509 g/mol. The summed E-state index contributed by atoms with van der Waals surface area (Å²) in [7, 11) is 0. The molecule has 0 unspecified atom stereocenters. The number of esters is 2. The molecule has 0 aliphatic carbocycles. The van der Waals surface area contributed by atoms with Crippen molar-refractivity contribution in [3.63, 3.8) is 0 Å². The molecule has 0 amide bonds. The first-order valence-electron chi connectivity index (χ1n) is 14.2. The molecule has 0 bridgehead atoms. The van der Waals surface area contributed by atoms with Gasteiger partial charge in [0.15, 0.2) is 0 Å². The van der Waals surface area contributed by atoms with E-state index in [1.54, 1.807) is 18.2 Å². The first-order valence-corrected chi connectivity index (χ1v) is 14.5. The maximum absolute atomic E-state index is 11.9. The van der Waals surface area contributed by atoms with Crippen LogP contribution in [0, 0.1) is 6.92 Å². The summed E-state index contributed by atoms with van der Waals surface area (Å²) in [5.41, 5.74) is 0.898. The van der Waals surface area contributed by atoms with Gasteiger partial charge in [-0.25, -0.2) is 0 Å². The van der Waals surface area contributed by atoms with Crippen LogP contribution in [0.3, 0.4) is 0 Å². The van der Waals surface area contributed by atoms with Crippen molar-refractivity contribution in [1.82, 2.24) is 0 Å². The third-order valence-electron chi connectivity index (χ3n) is 6.38. The Morgan fingerprint density at radius 3 is 1.71 bits per heavy atom. The molecule has 0 radical (unpaired) electrons. The predicted octanol–water partition coefficient (Wildman–Crippen LogP) is 9.53. The summed E-state index contributed by atoms with van der Waals surface area (Å²) in [4.78, 5) is 23.8. The third-order valence-corrected chi connectivity index (χ3v) is 6.81. The molecule has 0 saturated heterocycles. The fourth-order valence-corrected chi connectivity index (χ4v) is 4.25. The molecule has 0 aromatic heterocycles. The Labute approximate surface area is 219 Å². The summed E-state index contributed by atoms with van der Waals surface area (Å²) in [6.45, 7) is 4.72. The van der Waals surface area contributed by atoms with Crippen LogP contribution in [-0.2, 0) is 14.3 Å². The highest BCUT2D eigenvalue weighted by atomic mass is 35.5. The quantitative estimate of drug-likeness (QED) is 0.0888. The van der Waals surface area contributed by atoms with Gasteiger partial charge in [0.2, 0.25) is 0 Å². The van der Waals surface area contributed by atoms with Gasteiger partial charge in [0.1, 0.15) is 5.75 Å². The van der Waals surface area contributed by atoms with Gasteiger partial charge in [-0.05, 0) is 49.9 Å². The van der Waals surface area contributed by atoms with E-state index in [1.807, 2.05) is 6.92 Å². The zero-order valence-corrected chi connectivity index (χ0v) is 23.1. The Morgan fingerprint density at radius 1 is 0.686 bits per heavy atom. The SMILES string of the molecule is CCCCCCCCCCCCCOC(=O)CCCCCCCCC(=O)Oc1ccc(Cl)c(C)c1. The normalized spacial score (nSPS) is 10.9. The van der Waals surface area contributed by atoms with Crippen LogP contribution < -0.4 is 4.74 Å². The molecule has 0 fully saturated rings. The Balaban J connectivity index is 1.84. The number of halogens is 1. The number of unbranched alkanes of at least 4 members (excludes halogenated alkanes) is 15. The van der Waals surface area contributed by atoms with Crippen LogP contribution in [0.1, 0.15) is 134 Å². The van der Waals surface area contributed by atoms with Crippen molar-refractivity contribution in [2.45, 2.75) is 136 Å². The average Bonchev–Trinajstić information content (AvgIpc) is 2.83. The van der Waals surface area contributed by atoms with Gasteiger partial charge in [-0.1, -0.05) is 108 Å². The molecule has 0 aliphatic rings. The van der Waals surface area contributed by atoms with Crippen molar-refractivity contribution in [3.8, 4) is 5.75 Å². The molecule has 35 heavy (non-hydrogen) atoms.